The minimum atomic E-state index is 0.652. The molecule has 0 unspecified atom stereocenters. The molecular formula is C66H44N6. The number of hydrogen-bond acceptors (Lipinski definition) is 6. The zero-order valence-corrected chi connectivity index (χ0v) is 39.1. The molecule has 338 valence electrons. The molecule has 0 radical (unpaired) electrons. The summed E-state index contributed by atoms with van der Waals surface area (Å²) in [4.78, 5) is 29.8. The van der Waals surface area contributed by atoms with Crippen molar-refractivity contribution in [3.05, 3.63) is 267 Å². The fraction of sp³-hybridized carbons (Fsp3) is 0. The summed E-state index contributed by atoms with van der Waals surface area (Å²) in [6.07, 6.45) is 3.64. The lowest BCUT2D eigenvalue weighted by atomic mass is 10.00. The van der Waals surface area contributed by atoms with Crippen molar-refractivity contribution in [1.82, 2.24) is 29.9 Å². The van der Waals surface area contributed by atoms with Crippen molar-refractivity contribution in [1.29, 1.82) is 0 Å². The molecular weight excluding hydrogens is 877 g/mol. The van der Waals surface area contributed by atoms with Crippen molar-refractivity contribution in [3.8, 4) is 124 Å². The van der Waals surface area contributed by atoms with Crippen LogP contribution in [-0.4, -0.2) is 29.9 Å². The number of aromatic nitrogens is 6. The lowest BCUT2D eigenvalue weighted by Gasteiger charge is -2.12. The van der Waals surface area contributed by atoms with E-state index in [-0.39, 0.29) is 0 Å². The van der Waals surface area contributed by atoms with Crippen molar-refractivity contribution in [2.24, 2.45) is 0 Å². The Morgan fingerprint density at radius 1 is 0.167 bits per heavy atom. The third-order valence-corrected chi connectivity index (χ3v) is 12.9. The van der Waals surface area contributed by atoms with Crippen LogP contribution in [0.1, 0.15) is 0 Å². The highest BCUT2D eigenvalue weighted by molar-refractivity contribution is 5.79. The van der Waals surface area contributed by atoms with Crippen LogP contribution in [0.3, 0.4) is 0 Å². The molecule has 0 aliphatic rings. The van der Waals surface area contributed by atoms with Gasteiger partial charge in [-0.05, 0) is 69.8 Å². The summed E-state index contributed by atoms with van der Waals surface area (Å²) in [5.74, 6) is 1.30. The highest BCUT2D eigenvalue weighted by Gasteiger charge is 2.15. The Hall–Kier alpha value is -9.78. The summed E-state index contributed by atoms with van der Waals surface area (Å²) >= 11 is 0. The van der Waals surface area contributed by atoms with E-state index in [2.05, 4.69) is 216 Å². The van der Waals surface area contributed by atoms with Gasteiger partial charge in [0.25, 0.3) is 0 Å². The Balaban J connectivity index is 0.854. The zero-order chi connectivity index (χ0) is 48.1. The lowest BCUT2D eigenvalue weighted by molar-refractivity contribution is 1.18. The monoisotopic (exact) mass is 920 g/mol. The Morgan fingerprint density at radius 2 is 0.389 bits per heavy atom. The van der Waals surface area contributed by atoms with E-state index in [1.807, 2.05) is 60.9 Å². The van der Waals surface area contributed by atoms with Gasteiger partial charge in [-0.1, -0.05) is 218 Å². The van der Waals surface area contributed by atoms with Gasteiger partial charge in [0.15, 0.2) is 11.6 Å². The molecule has 0 amide bonds. The van der Waals surface area contributed by atoms with E-state index >= 15 is 0 Å². The molecule has 0 saturated heterocycles. The molecule has 4 aromatic heterocycles. The Bertz CT molecular complexity index is 3300. The summed E-state index contributed by atoms with van der Waals surface area (Å²) in [6.45, 7) is 0. The molecule has 12 aromatic rings. The van der Waals surface area contributed by atoms with Gasteiger partial charge in [0, 0.05) is 56.9 Å². The van der Waals surface area contributed by atoms with Gasteiger partial charge in [-0.25, -0.2) is 19.9 Å². The van der Waals surface area contributed by atoms with Gasteiger partial charge < -0.3 is 0 Å². The van der Waals surface area contributed by atoms with E-state index in [4.69, 9.17) is 19.9 Å². The summed E-state index contributed by atoms with van der Waals surface area (Å²) in [5.41, 5.74) is 20.0. The first-order valence-corrected chi connectivity index (χ1v) is 24.0. The van der Waals surface area contributed by atoms with E-state index in [9.17, 15) is 0 Å². The first kappa shape index (κ1) is 43.5. The van der Waals surface area contributed by atoms with E-state index in [0.29, 0.717) is 11.6 Å². The normalized spacial score (nSPS) is 11.1. The first-order chi connectivity index (χ1) is 35.6. The molecule has 12 rings (SSSR count). The summed E-state index contributed by atoms with van der Waals surface area (Å²) in [5, 5.41) is 0. The fourth-order valence-electron chi connectivity index (χ4n) is 8.99. The molecule has 0 spiro atoms. The summed E-state index contributed by atoms with van der Waals surface area (Å²) < 4.78 is 0. The fourth-order valence-corrected chi connectivity index (χ4v) is 8.99. The molecule has 0 bridgehead atoms. The summed E-state index contributed by atoms with van der Waals surface area (Å²) in [6, 6.07) is 87.9. The number of rotatable bonds is 11. The van der Waals surface area contributed by atoms with Crippen LogP contribution in [0.5, 0.6) is 0 Å². The van der Waals surface area contributed by atoms with Crippen LogP contribution in [-0.2, 0) is 0 Å². The molecule has 72 heavy (non-hydrogen) atoms. The zero-order valence-electron chi connectivity index (χ0n) is 39.1. The van der Waals surface area contributed by atoms with Crippen LogP contribution in [0.4, 0.5) is 0 Å². The molecule has 6 heteroatoms. The SMILES string of the molecule is c1ccc(-c2ccc(-c3cc(-c4ccc(-c5ccccn5)cc4)nc(-c4ccc(-c5ccc(-c6nc(-c7ccc(-c8ccccc8)cc7)cc(-c7ccc(-c8ccccn8)cc7)n6)cc5)cc4)n3)cc2)cc1. The smallest absolute Gasteiger partial charge is 0.160 e. The number of pyridine rings is 2. The van der Waals surface area contributed by atoms with Gasteiger partial charge >= 0.3 is 0 Å². The number of nitrogens with zero attached hydrogens (tertiary/aromatic N) is 6. The molecule has 0 aliphatic carbocycles. The van der Waals surface area contributed by atoms with Crippen LogP contribution >= 0.6 is 0 Å². The van der Waals surface area contributed by atoms with Gasteiger partial charge in [0.05, 0.1) is 34.2 Å². The minimum absolute atomic E-state index is 0.652. The molecule has 8 aromatic carbocycles. The quantitative estimate of drug-likeness (QED) is 0.129. The average molecular weight is 921 g/mol. The highest BCUT2D eigenvalue weighted by Crippen LogP contribution is 2.34. The third-order valence-electron chi connectivity index (χ3n) is 12.9. The average Bonchev–Trinajstić information content (AvgIpc) is 3.48. The largest absolute Gasteiger partial charge is 0.256 e. The van der Waals surface area contributed by atoms with E-state index in [0.717, 1.165) is 101 Å². The van der Waals surface area contributed by atoms with Crippen molar-refractivity contribution < 1.29 is 0 Å². The number of hydrogen-bond donors (Lipinski definition) is 0. The predicted octanol–water partition coefficient (Wildman–Crippen LogP) is 16.4. The Labute approximate surface area is 418 Å². The van der Waals surface area contributed by atoms with Crippen molar-refractivity contribution in [2.45, 2.75) is 0 Å². The van der Waals surface area contributed by atoms with Crippen LogP contribution in [0, 0.1) is 0 Å². The Kier molecular flexibility index (Phi) is 11.9. The van der Waals surface area contributed by atoms with E-state index in [1.54, 1.807) is 0 Å². The topological polar surface area (TPSA) is 77.3 Å². The van der Waals surface area contributed by atoms with Crippen LogP contribution < -0.4 is 0 Å². The molecule has 0 fully saturated rings. The standard InChI is InChI=1S/C66H44N6/c1-3-11-45(12-4-1)47-17-25-53(26-18-47)61-43-63(55-33-29-51(30-34-55)59-15-7-9-41-67-59)71-65(69-61)57-37-21-49(22-38-57)50-23-39-58(40-24-50)66-70-62(54-27-19-48(20-28-54)46-13-5-2-6-14-46)44-64(72-66)56-35-31-52(32-36-56)60-16-8-10-42-68-60/h1-44H. The predicted molar refractivity (Wildman–Crippen MR) is 293 cm³/mol. The van der Waals surface area contributed by atoms with Crippen molar-refractivity contribution in [2.75, 3.05) is 0 Å². The third kappa shape index (κ3) is 9.36. The second kappa shape index (κ2) is 19.7. The van der Waals surface area contributed by atoms with Gasteiger partial charge in [0.2, 0.25) is 0 Å². The molecule has 4 heterocycles. The highest BCUT2D eigenvalue weighted by atomic mass is 14.9. The van der Waals surface area contributed by atoms with E-state index in [1.165, 1.54) is 11.1 Å². The maximum absolute atomic E-state index is 5.17. The van der Waals surface area contributed by atoms with Gasteiger partial charge in [0.1, 0.15) is 0 Å². The summed E-state index contributed by atoms with van der Waals surface area (Å²) in [7, 11) is 0. The molecule has 0 aliphatic heterocycles. The van der Waals surface area contributed by atoms with Gasteiger partial charge in [-0.3, -0.25) is 9.97 Å². The number of benzene rings is 8. The minimum Gasteiger partial charge on any atom is -0.256 e. The second-order valence-electron chi connectivity index (χ2n) is 17.6. The molecule has 0 atom stereocenters. The molecule has 6 nitrogen and oxygen atoms in total. The van der Waals surface area contributed by atoms with Gasteiger partial charge in [-0.15, -0.1) is 0 Å². The molecule has 0 saturated carbocycles. The van der Waals surface area contributed by atoms with Crippen molar-refractivity contribution >= 4 is 0 Å². The first-order valence-electron chi connectivity index (χ1n) is 24.0. The van der Waals surface area contributed by atoms with Gasteiger partial charge in [-0.2, -0.15) is 0 Å². The van der Waals surface area contributed by atoms with Crippen LogP contribution in [0.15, 0.2) is 267 Å². The maximum Gasteiger partial charge on any atom is 0.160 e. The van der Waals surface area contributed by atoms with Crippen LogP contribution in [0.25, 0.3) is 124 Å². The van der Waals surface area contributed by atoms with E-state index < -0.39 is 0 Å². The Morgan fingerprint density at radius 3 is 0.653 bits per heavy atom. The maximum atomic E-state index is 5.17. The van der Waals surface area contributed by atoms with Crippen molar-refractivity contribution in [3.63, 3.8) is 0 Å². The van der Waals surface area contributed by atoms with Crippen LogP contribution in [0.2, 0.25) is 0 Å². The molecule has 0 N–H and O–H groups in total. The lowest BCUT2D eigenvalue weighted by Crippen LogP contribution is -1.96. The second-order valence-corrected chi connectivity index (χ2v) is 17.6.